The quantitative estimate of drug-likeness (QED) is 0.783. The van der Waals surface area contributed by atoms with E-state index in [1.54, 1.807) is 6.92 Å². The van der Waals surface area contributed by atoms with Crippen LogP contribution in [0.15, 0.2) is 21.9 Å². The van der Waals surface area contributed by atoms with Gasteiger partial charge in [0.1, 0.15) is 11.3 Å². The lowest BCUT2D eigenvalue weighted by molar-refractivity contribution is -0.139. The SMILES string of the molecule is Cc1oc(-c2cccs2)nc1CC(=O)NN1C(=O)NC2(CCCCC2)C1=O. The predicted octanol–water partition coefficient (Wildman–Crippen LogP) is 2.54. The van der Waals surface area contributed by atoms with E-state index in [4.69, 9.17) is 4.42 Å². The van der Waals surface area contributed by atoms with E-state index >= 15 is 0 Å². The van der Waals surface area contributed by atoms with Gasteiger partial charge < -0.3 is 9.73 Å². The number of hydrogen-bond donors (Lipinski definition) is 2. The van der Waals surface area contributed by atoms with E-state index in [1.165, 1.54) is 11.3 Å². The molecule has 0 unspecified atom stereocenters. The van der Waals surface area contributed by atoms with Crippen LogP contribution in [0, 0.1) is 6.92 Å². The number of amides is 4. The molecule has 2 aromatic rings. The third-order valence-corrected chi connectivity index (χ3v) is 5.92. The number of nitrogens with one attached hydrogen (secondary N) is 2. The number of rotatable bonds is 4. The summed E-state index contributed by atoms with van der Waals surface area (Å²) in [6, 6.07) is 3.20. The molecule has 0 atom stereocenters. The molecule has 2 fully saturated rings. The minimum Gasteiger partial charge on any atom is -0.440 e. The Labute approximate surface area is 159 Å². The molecule has 1 spiro atoms. The van der Waals surface area contributed by atoms with Crippen LogP contribution in [0.1, 0.15) is 43.6 Å². The highest BCUT2D eigenvalue weighted by atomic mass is 32.1. The Bertz CT molecular complexity index is 883. The van der Waals surface area contributed by atoms with Gasteiger partial charge in [-0.3, -0.25) is 15.0 Å². The summed E-state index contributed by atoms with van der Waals surface area (Å²) in [6.07, 6.45) is 3.96. The molecular weight excluding hydrogens is 368 g/mol. The van der Waals surface area contributed by atoms with E-state index < -0.39 is 17.5 Å². The largest absolute Gasteiger partial charge is 0.440 e. The van der Waals surface area contributed by atoms with Gasteiger partial charge in [0.05, 0.1) is 17.0 Å². The molecule has 142 valence electrons. The van der Waals surface area contributed by atoms with Crippen molar-refractivity contribution in [3.05, 3.63) is 29.0 Å². The average molecular weight is 388 g/mol. The smallest absolute Gasteiger partial charge is 0.344 e. The molecule has 1 saturated heterocycles. The lowest BCUT2D eigenvalue weighted by atomic mass is 9.82. The molecule has 4 amide bonds. The van der Waals surface area contributed by atoms with Crippen LogP contribution in [0.25, 0.3) is 10.8 Å². The lowest BCUT2D eigenvalue weighted by Gasteiger charge is -2.30. The second-order valence-corrected chi connectivity index (χ2v) is 7.87. The number of hydrazine groups is 1. The molecule has 1 aliphatic heterocycles. The first-order valence-corrected chi connectivity index (χ1v) is 9.83. The molecule has 27 heavy (non-hydrogen) atoms. The summed E-state index contributed by atoms with van der Waals surface area (Å²) in [7, 11) is 0. The van der Waals surface area contributed by atoms with E-state index in [0.29, 0.717) is 30.2 Å². The Kier molecular flexibility index (Phi) is 4.47. The van der Waals surface area contributed by atoms with E-state index in [-0.39, 0.29) is 12.3 Å². The van der Waals surface area contributed by atoms with Crippen LogP contribution in [-0.2, 0) is 16.0 Å². The fourth-order valence-corrected chi connectivity index (χ4v) is 4.28. The summed E-state index contributed by atoms with van der Waals surface area (Å²) in [6.45, 7) is 1.73. The van der Waals surface area contributed by atoms with Gasteiger partial charge in [-0.15, -0.1) is 11.3 Å². The van der Waals surface area contributed by atoms with Crippen molar-refractivity contribution in [2.45, 2.75) is 51.0 Å². The number of aromatic nitrogens is 1. The Hall–Kier alpha value is -2.68. The van der Waals surface area contributed by atoms with Gasteiger partial charge >= 0.3 is 6.03 Å². The van der Waals surface area contributed by atoms with Crippen molar-refractivity contribution in [3.63, 3.8) is 0 Å². The molecule has 0 radical (unpaired) electrons. The van der Waals surface area contributed by atoms with Gasteiger partial charge in [0.2, 0.25) is 11.8 Å². The molecule has 2 aromatic heterocycles. The molecular formula is C18H20N4O4S. The van der Waals surface area contributed by atoms with Crippen LogP contribution in [-0.4, -0.2) is 33.4 Å². The number of oxazole rings is 1. The van der Waals surface area contributed by atoms with Gasteiger partial charge in [-0.25, -0.2) is 9.78 Å². The second-order valence-electron chi connectivity index (χ2n) is 6.92. The summed E-state index contributed by atoms with van der Waals surface area (Å²) in [4.78, 5) is 42.6. The molecule has 2 N–H and O–H groups in total. The Morgan fingerprint density at radius 3 is 2.85 bits per heavy atom. The number of nitrogens with zero attached hydrogens (tertiary/aromatic N) is 2. The summed E-state index contributed by atoms with van der Waals surface area (Å²) in [5, 5.41) is 5.49. The van der Waals surface area contributed by atoms with Crippen molar-refractivity contribution in [1.82, 2.24) is 20.7 Å². The number of imide groups is 1. The van der Waals surface area contributed by atoms with Gasteiger partial charge in [-0.2, -0.15) is 5.01 Å². The van der Waals surface area contributed by atoms with Crippen molar-refractivity contribution in [2.75, 3.05) is 0 Å². The summed E-state index contributed by atoms with van der Waals surface area (Å²) in [5.74, 6) is 0.133. The number of carbonyl (C=O) groups excluding carboxylic acids is 3. The Balaban J connectivity index is 1.44. The normalized spacial score (nSPS) is 18.8. The number of hydrogen-bond acceptors (Lipinski definition) is 6. The first kappa shape index (κ1) is 17.7. The van der Waals surface area contributed by atoms with Crippen LogP contribution in [0.5, 0.6) is 0 Å². The van der Waals surface area contributed by atoms with E-state index in [2.05, 4.69) is 15.7 Å². The third-order valence-electron chi connectivity index (χ3n) is 5.06. The first-order valence-electron chi connectivity index (χ1n) is 8.95. The van der Waals surface area contributed by atoms with Crippen LogP contribution in [0.2, 0.25) is 0 Å². The van der Waals surface area contributed by atoms with Crippen molar-refractivity contribution in [3.8, 4) is 10.8 Å². The predicted molar refractivity (Wildman–Crippen MR) is 97.6 cm³/mol. The van der Waals surface area contributed by atoms with Gasteiger partial charge in [0.15, 0.2) is 0 Å². The van der Waals surface area contributed by atoms with E-state index in [1.807, 2.05) is 17.5 Å². The van der Waals surface area contributed by atoms with Gasteiger partial charge in [0.25, 0.3) is 5.91 Å². The summed E-state index contributed by atoms with van der Waals surface area (Å²) >= 11 is 1.49. The number of thiophene rings is 1. The molecule has 8 nitrogen and oxygen atoms in total. The molecule has 4 rings (SSSR count). The fraction of sp³-hybridized carbons (Fsp3) is 0.444. The topological polar surface area (TPSA) is 105 Å². The number of urea groups is 1. The lowest BCUT2D eigenvalue weighted by Crippen LogP contribution is -2.51. The zero-order valence-electron chi connectivity index (χ0n) is 14.9. The minimum absolute atomic E-state index is 0.0786. The maximum atomic E-state index is 12.7. The number of carbonyl (C=O) groups is 3. The zero-order chi connectivity index (χ0) is 19.0. The summed E-state index contributed by atoms with van der Waals surface area (Å²) < 4.78 is 5.62. The maximum absolute atomic E-state index is 12.7. The summed E-state index contributed by atoms with van der Waals surface area (Å²) in [5.41, 5.74) is 2.04. The zero-order valence-corrected chi connectivity index (χ0v) is 15.7. The van der Waals surface area contributed by atoms with Gasteiger partial charge in [-0.05, 0) is 31.2 Å². The van der Waals surface area contributed by atoms with E-state index in [0.717, 1.165) is 29.1 Å². The van der Waals surface area contributed by atoms with Crippen LogP contribution >= 0.6 is 11.3 Å². The number of aryl methyl sites for hydroxylation is 1. The van der Waals surface area contributed by atoms with Gasteiger partial charge in [-0.1, -0.05) is 25.3 Å². The van der Waals surface area contributed by atoms with Crippen molar-refractivity contribution in [2.24, 2.45) is 0 Å². The first-order chi connectivity index (χ1) is 13.0. The molecule has 3 heterocycles. The van der Waals surface area contributed by atoms with Crippen molar-refractivity contribution >= 4 is 29.2 Å². The highest BCUT2D eigenvalue weighted by Crippen LogP contribution is 2.33. The Morgan fingerprint density at radius 2 is 2.15 bits per heavy atom. The monoisotopic (exact) mass is 388 g/mol. The van der Waals surface area contributed by atoms with E-state index in [9.17, 15) is 14.4 Å². The van der Waals surface area contributed by atoms with Crippen molar-refractivity contribution in [1.29, 1.82) is 0 Å². The second kappa shape index (κ2) is 6.80. The van der Waals surface area contributed by atoms with Crippen LogP contribution < -0.4 is 10.7 Å². The highest BCUT2D eigenvalue weighted by molar-refractivity contribution is 7.13. The van der Waals surface area contributed by atoms with Crippen LogP contribution in [0.4, 0.5) is 4.79 Å². The minimum atomic E-state index is -0.862. The molecule has 2 aliphatic rings. The van der Waals surface area contributed by atoms with Crippen molar-refractivity contribution < 1.29 is 18.8 Å². The third kappa shape index (κ3) is 3.23. The molecule has 0 aromatic carbocycles. The fourth-order valence-electron chi connectivity index (χ4n) is 3.63. The molecule has 9 heteroatoms. The van der Waals surface area contributed by atoms with Gasteiger partial charge in [0, 0.05) is 0 Å². The maximum Gasteiger partial charge on any atom is 0.344 e. The molecule has 1 aliphatic carbocycles. The standard InChI is InChI=1S/C18H20N4O4S/c1-11-12(19-15(26-11)13-6-5-9-27-13)10-14(23)21-22-16(24)18(20-17(22)25)7-3-2-4-8-18/h5-6,9H,2-4,7-8,10H2,1H3,(H,20,25)(H,21,23). The molecule has 1 saturated carbocycles. The van der Waals surface area contributed by atoms with Crippen LogP contribution in [0.3, 0.4) is 0 Å². The Morgan fingerprint density at radius 1 is 1.37 bits per heavy atom. The molecule has 0 bridgehead atoms. The average Bonchev–Trinajstić information content (AvgIpc) is 3.34. The highest BCUT2D eigenvalue weighted by Gasteiger charge is 2.52.